The van der Waals surface area contributed by atoms with E-state index in [0.29, 0.717) is 42.8 Å². The first-order valence-electron chi connectivity index (χ1n) is 9.39. The molecule has 0 saturated carbocycles. The van der Waals surface area contributed by atoms with Crippen LogP contribution in [-0.4, -0.2) is 37.8 Å². The molecule has 0 bridgehead atoms. The maximum atomic E-state index is 11.4. The van der Waals surface area contributed by atoms with Gasteiger partial charge in [-0.25, -0.2) is 13.6 Å². The summed E-state index contributed by atoms with van der Waals surface area (Å²) in [6, 6.07) is 6.48. The molecule has 0 atom stereocenters. The number of primary sulfonamides is 1. The van der Waals surface area contributed by atoms with Crippen molar-refractivity contribution in [2.24, 2.45) is 11.1 Å². The maximum absolute atomic E-state index is 11.4. The zero-order valence-electron chi connectivity index (χ0n) is 16.9. The predicted molar refractivity (Wildman–Crippen MR) is 114 cm³/mol. The molecule has 29 heavy (non-hydrogen) atoms. The molecule has 0 radical (unpaired) electrons. The molecule has 0 saturated heterocycles. The third kappa shape index (κ3) is 6.68. The van der Waals surface area contributed by atoms with Gasteiger partial charge in [0.05, 0.1) is 17.1 Å². The van der Waals surface area contributed by atoms with Crippen LogP contribution in [0.15, 0.2) is 29.2 Å². The summed E-state index contributed by atoms with van der Waals surface area (Å²) >= 11 is 0. The van der Waals surface area contributed by atoms with Crippen molar-refractivity contribution in [1.29, 1.82) is 5.41 Å². The minimum Gasteiger partial charge on any atom is -0.463 e. The highest BCUT2D eigenvalue weighted by Crippen LogP contribution is 2.23. The Balaban J connectivity index is 2.22. The Bertz CT molecular complexity index is 930. The van der Waals surface area contributed by atoms with Crippen LogP contribution >= 0.6 is 0 Å². The van der Waals surface area contributed by atoms with E-state index >= 15 is 0 Å². The van der Waals surface area contributed by atoms with Gasteiger partial charge in [-0.1, -0.05) is 26.0 Å². The number of hydrogen-bond acceptors (Lipinski definition) is 8. The average molecular weight is 421 g/mol. The summed E-state index contributed by atoms with van der Waals surface area (Å²) < 4.78 is 28.4. The molecule has 0 fully saturated rings. The lowest BCUT2D eigenvalue weighted by molar-refractivity contribution is 0.269. The third-order valence-corrected chi connectivity index (χ3v) is 4.98. The zero-order chi connectivity index (χ0) is 21.4. The van der Waals surface area contributed by atoms with E-state index in [0.717, 1.165) is 12.0 Å². The first kappa shape index (κ1) is 22.6. The topological polar surface area (TPSA) is 143 Å². The normalized spacial score (nSPS) is 11.3. The second-order valence-electron chi connectivity index (χ2n) is 6.87. The lowest BCUT2D eigenvalue weighted by Gasteiger charge is -2.15. The summed E-state index contributed by atoms with van der Waals surface area (Å²) in [5, 5.41) is 19.2. The minimum atomic E-state index is -3.73. The molecule has 10 heteroatoms. The van der Waals surface area contributed by atoms with Crippen LogP contribution in [0.3, 0.4) is 0 Å². The van der Waals surface area contributed by atoms with E-state index in [-0.39, 0.29) is 10.9 Å². The SMILES string of the molecule is CCNc1nc(OCCC(C)C)nc(NCc2ccc(S(N)(=O)=O)cc2)c1C=N. The summed E-state index contributed by atoms with van der Waals surface area (Å²) in [7, 11) is -3.73. The summed E-state index contributed by atoms with van der Waals surface area (Å²) in [5.41, 5.74) is 1.35. The van der Waals surface area contributed by atoms with E-state index < -0.39 is 10.0 Å². The molecule has 0 aliphatic carbocycles. The van der Waals surface area contributed by atoms with Gasteiger partial charge in [-0.15, -0.1) is 0 Å². The number of nitrogens with one attached hydrogen (secondary N) is 3. The second kappa shape index (κ2) is 10.2. The van der Waals surface area contributed by atoms with Crippen LogP contribution in [0, 0.1) is 11.3 Å². The van der Waals surface area contributed by atoms with Gasteiger partial charge in [0.2, 0.25) is 10.0 Å². The number of nitrogens with zero attached hydrogens (tertiary/aromatic N) is 2. The quantitative estimate of drug-likeness (QED) is 0.409. The van der Waals surface area contributed by atoms with E-state index in [1.54, 1.807) is 12.1 Å². The number of nitrogens with two attached hydrogens (primary N) is 1. The Kier molecular flexibility index (Phi) is 7.91. The van der Waals surface area contributed by atoms with Crippen molar-refractivity contribution in [1.82, 2.24) is 9.97 Å². The van der Waals surface area contributed by atoms with Crippen LogP contribution in [0.1, 0.15) is 38.3 Å². The van der Waals surface area contributed by atoms with E-state index in [4.69, 9.17) is 15.3 Å². The number of rotatable bonds is 11. The number of hydrogen-bond donors (Lipinski definition) is 4. The van der Waals surface area contributed by atoms with Crippen molar-refractivity contribution < 1.29 is 13.2 Å². The number of anilines is 2. The predicted octanol–water partition coefficient (Wildman–Crippen LogP) is 2.59. The Labute approximate surface area is 171 Å². The van der Waals surface area contributed by atoms with Gasteiger partial charge in [0.25, 0.3) is 0 Å². The molecule has 158 valence electrons. The molecule has 5 N–H and O–H groups in total. The fourth-order valence-electron chi connectivity index (χ4n) is 2.46. The minimum absolute atomic E-state index is 0.0544. The molecule has 0 spiro atoms. The van der Waals surface area contributed by atoms with Crippen molar-refractivity contribution in [2.75, 3.05) is 23.8 Å². The van der Waals surface area contributed by atoms with Gasteiger partial charge in [0.15, 0.2) is 0 Å². The van der Waals surface area contributed by atoms with Gasteiger partial charge >= 0.3 is 6.01 Å². The summed E-state index contributed by atoms with van der Waals surface area (Å²) in [4.78, 5) is 8.83. The molecule has 9 nitrogen and oxygen atoms in total. The highest BCUT2D eigenvalue weighted by atomic mass is 32.2. The monoisotopic (exact) mass is 420 g/mol. The smallest absolute Gasteiger partial charge is 0.320 e. The van der Waals surface area contributed by atoms with Crippen LogP contribution in [-0.2, 0) is 16.6 Å². The largest absolute Gasteiger partial charge is 0.463 e. The number of ether oxygens (including phenoxy) is 1. The summed E-state index contributed by atoms with van der Waals surface area (Å²) in [6.45, 7) is 7.68. The molecule has 1 aromatic carbocycles. The maximum Gasteiger partial charge on any atom is 0.320 e. The van der Waals surface area contributed by atoms with Crippen molar-refractivity contribution >= 4 is 27.9 Å². The van der Waals surface area contributed by atoms with Crippen molar-refractivity contribution in [2.45, 2.75) is 38.6 Å². The Hall–Kier alpha value is -2.72. The van der Waals surface area contributed by atoms with Crippen LogP contribution < -0.4 is 20.5 Å². The molecule has 2 aromatic rings. The molecule has 0 amide bonds. The molecule has 2 rings (SSSR count). The van der Waals surface area contributed by atoms with E-state index in [1.807, 2.05) is 6.92 Å². The van der Waals surface area contributed by atoms with Crippen LogP contribution in [0.5, 0.6) is 6.01 Å². The third-order valence-electron chi connectivity index (χ3n) is 4.05. The molecule has 1 aromatic heterocycles. The van der Waals surface area contributed by atoms with Crippen molar-refractivity contribution in [3.05, 3.63) is 35.4 Å². The Morgan fingerprint density at radius 3 is 2.31 bits per heavy atom. The molecule has 0 aliphatic heterocycles. The lowest BCUT2D eigenvalue weighted by atomic mass is 10.1. The molecule has 1 heterocycles. The van der Waals surface area contributed by atoms with Gasteiger partial charge in [0, 0.05) is 19.3 Å². The van der Waals surface area contributed by atoms with Gasteiger partial charge < -0.3 is 20.8 Å². The van der Waals surface area contributed by atoms with E-state index in [9.17, 15) is 8.42 Å². The average Bonchev–Trinajstić information content (AvgIpc) is 2.66. The molecular formula is C19H28N6O3S. The first-order chi connectivity index (χ1) is 13.7. The van der Waals surface area contributed by atoms with Crippen LogP contribution in [0.4, 0.5) is 11.6 Å². The zero-order valence-corrected chi connectivity index (χ0v) is 17.7. The number of sulfonamides is 1. The molecular weight excluding hydrogens is 392 g/mol. The summed E-state index contributed by atoms with van der Waals surface area (Å²) in [6.07, 6.45) is 2.06. The van der Waals surface area contributed by atoms with E-state index in [1.165, 1.54) is 18.3 Å². The number of aromatic nitrogens is 2. The van der Waals surface area contributed by atoms with E-state index in [2.05, 4.69) is 34.4 Å². The second-order valence-corrected chi connectivity index (χ2v) is 8.43. The van der Waals surface area contributed by atoms with Crippen molar-refractivity contribution in [3.8, 4) is 6.01 Å². The van der Waals surface area contributed by atoms with Crippen LogP contribution in [0.2, 0.25) is 0 Å². The van der Waals surface area contributed by atoms with Gasteiger partial charge in [-0.3, -0.25) is 0 Å². The molecule has 0 aliphatic rings. The summed E-state index contributed by atoms with van der Waals surface area (Å²) in [5.74, 6) is 1.48. The lowest BCUT2D eigenvalue weighted by Crippen LogP contribution is -2.13. The Morgan fingerprint density at radius 2 is 1.79 bits per heavy atom. The highest BCUT2D eigenvalue weighted by molar-refractivity contribution is 7.89. The first-order valence-corrected chi connectivity index (χ1v) is 10.9. The standard InChI is InChI=1S/C19H28N6O3S/c1-4-22-17-16(11-20)18(25-19(24-17)28-10-9-13(2)3)23-12-14-5-7-15(8-6-14)29(21,26)27/h5-8,11,13,20H,4,9-10,12H2,1-3H3,(H2,21,26,27)(H2,22,23,24,25). The Morgan fingerprint density at radius 1 is 1.17 bits per heavy atom. The van der Waals surface area contributed by atoms with Crippen LogP contribution in [0.25, 0.3) is 0 Å². The number of benzene rings is 1. The van der Waals surface area contributed by atoms with Gasteiger partial charge in [-0.05, 0) is 37.0 Å². The molecule has 0 unspecified atom stereocenters. The highest BCUT2D eigenvalue weighted by Gasteiger charge is 2.14. The van der Waals surface area contributed by atoms with Crippen molar-refractivity contribution in [3.63, 3.8) is 0 Å². The van der Waals surface area contributed by atoms with Gasteiger partial charge in [-0.2, -0.15) is 9.97 Å². The fourth-order valence-corrected chi connectivity index (χ4v) is 2.97. The van der Waals surface area contributed by atoms with Gasteiger partial charge in [0.1, 0.15) is 11.6 Å². The fraction of sp³-hybridized carbons (Fsp3) is 0.421.